The number of nitrogens with one attached hydrogen (secondary N) is 1. The van der Waals surface area contributed by atoms with Gasteiger partial charge in [-0.3, -0.25) is 24.3 Å². The third kappa shape index (κ3) is 2.94. The molecule has 1 N–H and O–H groups in total. The number of pyridine rings is 1. The Morgan fingerprint density at radius 1 is 1.13 bits per heavy atom. The smallest absolute Gasteiger partial charge is 0.280 e. The van der Waals surface area contributed by atoms with E-state index in [-0.39, 0.29) is 30.2 Å². The first kappa shape index (κ1) is 14.8. The number of fused-ring (bicyclic) bond motifs is 1. The highest BCUT2D eigenvalue weighted by Gasteiger charge is 2.37. The van der Waals surface area contributed by atoms with Crippen molar-refractivity contribution in [3.8, 4) is 0 Å². The van der Waals surface area contributed by atoms with Gasteiger partial charge in [0.15, 0.2) is 0 Å². The topological polar surface area (TPSA) is 79.4 Å². The highest BCUT2D eigenvalue weighted by Crippen LogP contribution is 2.19. The maximum absolute atomic E-state index is 12.8. The summed E-state index contributed by atoms with van der Waals surface area (Å²) in [6, 6.07) is 8.72. The molecule has 6 nitrogen and oxygen atoms in total. The van der Waals surface area contributed by atoms with Crippen molar-refractivity contribution in [1.29, 1.82) is 0 Å². The zero-order chi connectivity index (χ0) is 16.4. The Bertz CT molecular complexity index is 754. The Balaban J connectivity index is 1.62. The van der Waals surface area contributed by atoms with E-state index in [2.05, 4.69) is 10.3 Å². The predicted molar refractivity (Wildman–Crippen MR) is 77.9 cm³/mol. The number of imide groups is 1. The van der Waals surface area contributed by atoms with E-state index in [1.165, 1.54) is 24.4 Å². The van der Waals surface area contributed by atoms with Crippen LogP contribution in [0, 0.1) is 5.82 Å². The minimum atomic E-state index is -0.581. The number of hydrogen-bond donors (Lipinski definition) is 1. The van der Waals surface area contributed by atoms with Gasteiger partial charge in [0.1, 0.15) is 18.1 Å². The Labute approximate surface area is 130 Å². The maximum atomic E-state index is 12.8. The molecule has 3 amide bonds. The maximum Gasteiger partial charge on any atom is 0.280 e. The lowest BCUT2D eigenvalue weighted by molar-refractivity contribution is -0.121. The van der Waals surface area contributed by atoms with Crippen molar-refractivity contribution < 1.29 is 18.8 Å². The molecule has 2 aromatic rings. The second-order valence-corrected chi connectivity index (χ2v) is 5.00. The van der Waals surface area contributed by atoms with Crippen molar-refractivity contribution in [3.05, 3.63) is 65.2 Å². The molecule has 0 aliphatic carbocycles. The molecular weight excluding hydrogens is 301 g/mol. The van der Waals surface area contributed by atoms with E-state index >= 15 is 0 Å². The van der Waals surface area contributed by atoms with Crippen LogP contribution < -0.4 is 5.32 Å². The highest BCUT2D eigenvalue weighted by atomic mass is 19.1. The van der Waals surface area contributed by atoms with Gasteiger partial charge in [-0.05, 0) is 29.8 Å². The van der Waals surface area contributed by atoms with Gasteiger partial charge in [-0.1, -0.05) is 12.1 Å². The van der Waals surface area contributed by atoms with E-state index in [0.717, 1.165) is 4.90 Å². The van der Waals surface area contributed by atoms with Gasteiger partial charge in [0, 0.05) is 12.7 Å². The Morgan fingerprint density at radius 2 is 1.87 bits per heavy atom. The number of carbonyl (C=O) groups is 3. The normalized spacial score (nSPS) is 13.2. The summed E-state index contributed by atoms with van der Waals surface area (Å²) in [6.45, 7) is -0.199. The summed E-state index contributed by atoms with van der Waals surface area (Å²) < 4.78 is 12.8. The Hall–Kier alpha value is -3.09. The van der Waals surface area contributed by atoms with Gasteiger partial charge < -0.3 is 5.32 Å². The first-order chi connectivity index (χ1) is 11.1. The fourth-order valence-electron chi connectivity index (χ4n) is 2.26. The van der Waals surface area contributed by atoms with Crippen LogP contribution in [-0.2, 0) is 11.3 Å². The van der Waals surface area contributed by atoms with Crippen LogP contribution in [0.25, 0.3) is 0 Å². The molecule has 0 saturated carbocycles. The Morgan fingerprint density at radius 3 is 2.57 bits per heavy atom. The number of aromatic nitrogens is 1. The fourth-order valence-corrected chi connectivity index (χ4v) is 2.26. The fraction of sp³-hybridized carbons (Fsp3) is 0.125. The van der Waals surface area contributed by atoms with Crippen LogP contribution in [0.15, 0.2) is 42.6 Å². The molecule has 1 aromatic heterocycles. The SMILES string of the molecule is O=C(CN1C(=O)c2cccnc2C1=O)NCc1ccc(F)cc1. The van der Waals surface area contributed by atoms with Crippen LogP contribution in [0.5, 0.6) is 0 Å². The molecular formula is C16H12FN3O3. The molecule has 116 valence electrons. The predicted octanol–water partition coefficient (Wildman–Crippen LogP) is 1.13. The second kappa shape index (κ2) is 5.96. The van der Waals surface area contributed by atoms with Crippen LogP contribution in [0.4, 0.5) is 4.39 Å². The monoisotopic (exact) mass is 313 g/mol. The molecule has 0 radical (unpaired) electrons. The summed E-state index contributed by atoms with van der Waals surface area (Å²) in [5.74, 6) is -1.96. The van der Waals surface area contributed by atoms with Gasteiger partial charge in [-0.2, -0.15) is 0 Å². The third-order valence-corrected chi connectivity index (χ3v) is 3.44. The van der Waals surface area contributed by atoms with Crippen molar-refractivity contribution >= 4 is 17.7 Å². The summed E-state index contributed by atoms with van der Waals surface area (Å²) in [6.07, 6.45) is 1.42. The lowest BCUT2D eigenvalue weighted by atomic mass is 10.2. The van der Waals surface area contributed by atoms with Crippen molar-refractivity contribution in [2.24, 2.45) is 0 Å². The standard InChI is InChI=1S/C16H12FN3O3/c17-11-5-3-10(4-6-11)8-19-13(21)9-20-15(22)12-2-1-7-18-14(12)16(20)23/h1-7H,8-9H2,(H,19,21). The zero-order valence-corrected chi connectivity index (χ0v) is 12.0. The number of nitrogens with zero attached hydrogens (tertiary/aromatic N) is 2. The molecule has 2 heterocycles. The number of carbonyl (C=O) groups excluding carboxylic acids is 3. The number of benzene rings is 1. The zero-order valence-electron chi connectivity index (χ0n) is 12.0. The summed E-state index contributed by atoms with van der Waals surface area (Å²) in [7, 11) is 0. The molecule has 3 rings (SSSR count). The van der Waals surface area contributed by atoms with Crippen molar-refractivity contribution in [1.82, 2.24) is 15.2 Å². The molecule has 0 saturated heterocycles. The first-order valence-electron chi connectivity index (χ1n) is 6.88. The molecule has 0 bridgehead atoms. The van der Waals surface area contributed by atoms with Gasteiger partial charge >= 0.3 is 0 Å². The number of amides is 3. The molecule has 0 fully saturated rings. The van der Waals surface area contributed by atoms with Crippen molar-refractivity contribution in [2.75, 3.05) is 6.54 Å². The summed E-state index contributed by atoms with van der Waals surface area (Å²) in [5, 5.41) is 2.59. The van der Waals surface area contributed by atoms with Crippen LogP contribution in [0.1, 0.15) is 26.4 Å². The number of halogens is 1. The largest absolute Gasteiger partial charge is 0.350 e. The number of rotatable bonds is 4. The molecule has 23 heavy (non-hydrogen) atoms. The lowest BCUT2D eigenvalue weighted by Crippen LogP contribution is -2.40. The molecule has 1 aliphatic heterocycles. The second-order valence-electron chi connectivity index (χ2n) is 5.00. The lowest BCUT2D eigenvalue weighted by Gasteiger charge is -2.13. The van der Waals surface area contributed by atoms with E-state index in [1.807, 2.05) is 0 Å². The minimum absolute atomic E-state index is 0.0591. The van der Waals surface area contributed by atoms with E-state index in [4.69, 9.17) is 0 Å². The van der Waals surface area contributed by atoms with Crippen molar-refractivity contribution in [2.45, 2.75) is 6.54 Å². The van der Waals surface area contributed by atoms with Crippen molar-refractivity contribution in [3.63, 3.8) is 0 Å². The molecule has 1 aromatic carbocycles. The van der Waals surface area contributed by atoms with Gasteiger partial charge in [0.2, 0.25) is 5.91 Å². The van der Waals surface area contributed by atoms with Gasteiger partial charge in [-0.15, -0.1) is 0 Å². The number of hydrogen-bond acceptors (Lipinski definition) is 4. The highest BCUT2D eigenvalue weighted by molar-refractivity contribution is 6.21. The van der Waals surface area contributed by atoms with E-state index in [0.29, 0.717) is 5.56 Å². The van der Waals surface area contributed by atoms with E-state index in [1.54, 1.807) is 18.2 Å². The first-order valence-corrected chi connectivity index (χ1v) is 6.88. The quantitative estimate of drug-likeness (QED) is 0.858. The summed E-state index contributed by atoms with van der Waals surface area (Å²) in [5.41, 5.74) is 0.969. The third-order valence-electron chi connectivity index (χ3n) is 3.44. The van der Waals surface area contributed by atoms with Crippen LogP contribution in [-0.4, -0.2) is 34.2 Å². The summed E-state index contributed by atoms with van der Waals surface area (Å²) in [4.78, 5) is 40.8. The minimum Gasteiger partial charge on any atom is -0.350 e. The van der Waals surface area contributed by atoms with Crippen LogP contribution in [0.2, 0.25) is 0 Å². The Kier molecular flexibility index (Phi) is 3.84. The van der Waals surface area contributed by atoms with E-state index in [9.17, 15) is 18.8 Å². The van der Waals surface area contributed by atoms with Gasteiger partial charge in [0.25, 0.3) is 11.8 Å². The molecule has 1 aliphatic rings. The molecule has 0 spiro atoms. The van der Waals surface area contributed by atoms with Crippen LogP contribution in [0.3, 0.4) is 0 Å². The molecule has 7 heteroatoms. The average Bonchev–Trinajstić information content (AvgIpc) is 2.80. The van der Waals surface area contributed by atoms with E-state index < -0.39 is 17.7 Å². The van der Waals surface area contributed by atoms with Gasteiger partial charge in [-0.25, -0.2) is 4.39 Å². The van der Waals surface area contributed by atoms with Gasteiger partial charge in [0.05, 0.1) is 5.56 Å². The summed E-state index contributed by atoms with van der Waals surface area (Å²) >= 11 is 0. The average molecular weight is 313 g/mol. The molecule has 0 unspecified atom stereocenters. The molecule has 0 atom stereocenters. The van der Waals surface area contributed by atoms with Crippen LogP contribution >= 0.6 is 0 Å².